The van der Waals surface area contributed by atoms with Crippen molar-refractivity contribution in [1.29, 1.82) is 5.26 Å². The van der Waals surface area contributed by atoms with Gasteiger partial charge in [-0.2, -0.15) is 5.26 Å². The molecule has 1 saturated carbocycles. The Labute approximate surface area is 179 Å². The molecule has 1 atom stereocenters. The molecule has 0 N–H and O–H groups in total. The number of hydrogen-bond acceptors (Lipinski definition) is 3. The maximum atomic E-state index is 9.13. The van der Waals surface area contributed by atoms with Crippen LogP contribution in [0.25, 0.3) is 0 Å². The standard InChI is InChI=1S/C25H29ClN2O/c1-2-4-20-14-22(26)8-9-23(20)21-16-28(15-19-5-3-6-19)24-13-18(11-12-27)7-10-25(24)29-17-21/h7-10,13-14,19,21H,2-6,11,15-17H2,1H3/t21-/m0/s1. The molecule has 0 spiro atoms. The highest BCUT2D eigenvalue weighted by Gasteiger charge is 2.29. The van der Waals surface area contributed by atoms with E-state index in [-0.39, 0.29) is 0 Å². The Kier molecular flexibility index (Phi) is 6.31. The average Bonchev–Trinajstić information content (AvgIpc) is 2.85. The van der Waals surface area contributed by atoms with Crippen molar-refractivity contribution in [3.05, 3.63) is 58.1 Å². The molecular formula is C25H29ClN2O. The van der Waals surface area contributed by atoms with Crippen molar-refractivity contribution >= 4 is 17.3 Å². The Balaban J connectivity index is 1.67. The summed E-state index contributed by atoms with van der Waals surface area (Å²) < 4.78 is 6.32. The van der Waals surface area contributed by atoms with Gasteiger partial charge in [-0.1, -0.05) is 43.5 Å². The van der Waals surface area contributed by atoms with E-state index in [1.807, 2.05) is 18.2 Å². The first-order valence-corrected chi connectivity index (χ1v) is 11.2. The third-order valence-electron chi connectivity index (χ3n) is 6.30. The van der Waals surface area contributed by atoms with Gasteiger partial charge in [0.25, 0.3) is 0 Å². The SMILES string of the molecule is CCCc1cc(Cl)ccc1[C@@H]1COc2ccc(CC#N)cc2N(CC2CCC2)C1. The zero-order valence-corrected chi connectivity index (χ0v) is 17.9. The minimum absolute atomic E-state index is 0.306. The highest BCUT2D eigenvalue weighted by molar-refractivity contribution is 6.30. The highest BCUT2D eigenvalue weighted by atomic mass is 35.5. The lowest BCUT2D eigenvalue weighted by Crippen LogP contribution is -2.35. The Morgan fingerprint density at radius 3 is 2.79 bits per heavy atom. The van der Waals surface area contributed by atoms with Crippen LogP contribution in [0.5, 0.6) is 5.75 Å². The van der Waals surface area contributed by atoms with Gasteiger partial charge in [-0.05, 0) is 66.1 Å². The van der Waals surface area contributed by atoms with Crippen LogP contribution >= 0.6 is 11.6 Å². The van der Waals surface area contributed by atoms with Crippen molar-refractivity contribution < 1.29 is 4.74 Å². The van der Waals surface area contributed by atoms with Gasteiger partial charge < -0.3 is 9.64 Å². The van der Waals surface area contributed by atoms with Crippen LogP contribution in [0, 0.1) is 17.2 Å². The van der Waals surface area contributed by atoms with Crippen LogP contribution in [-0.2, 0) is 12.8 Å². The molecule has 0 radical (unpaired) electrons. The van der Waals surface area contributed by atoms with Gasteiger partial charge in [-0.25, -0.2) is 0 Å². The fraction of sp³-hybridized carbons (Fsp3) is 0.480. The summed E-state index contributed by atoms with van der Waals surface area (Å²) in [5.74, 6) is 2.02. The van der Waals surface area contributed by atoms with E-state index in [4.69, 9.17) is 21.6 Å². The lowest BCUT2D eigenvalue weighted by atomic mass is 9.84. The number of hydrogen-bond donors (Lipinski definition) is 0. The van der Waals surface area contributed by atoms with E-state index < -0.39 is 0 Å². The normalized spacial score (nSPS) is 18.9. The third kappa shape index (κ3) is 4.54. The predicted octanol–water partition coefficient (Wildman–Crippen LogP) is 6.14. The summed E-state index contributed by atoms with van der Waals surface area (Å²) in [5, 5.41) is 9.93. The number of fused-ring (bicyclic) bond motifs is 1. The van der Waals surface area contributed by atoms with Crippen LogP contribution in [0.3, 0.4) is 0 Å². The molecule has 3 nitrogen and oxygen atoms in total. The summed E-state index contributed by atoms with van der Waals surface area (Å²) in [6, 6.07) is 14.8. The largest absolute Gasteiger partial charge is 0.491 e. The van der Waals surface area contributed by atoms with Crippen molar-refractivity contribution in [2.45, 2.75) is 51.4 Å². The smallest absolute Gasteiger partial charge is 0.142 e. The molecule has 0 saturated heterocycles. The lowest BCUT2D eigenvalue weighted by molar-refractivity contribution is 0.294. The number of halogens is 1. The molecule has 1 aliphatic heterocycles. The number of anilines is 1. The van der Waals surface area contributed by atoms with Gasteiger partial charge >= 0.3 is 0 Å². The van der Waals surface area contributed by atoms with Crippen molar-refractivity contribution in [3.8, 4) is 11.8 Å². The van der Waals surface area contributed by atoms with E-state index in [2.05, 4.69) is 36.1 Å². The quantitative estimate of drug-likeness (QED) is 0.575. The fourth-order valence-electron chi connectivity index (χ4n) is 4.55. The van der Waals surface area contributed by atoms with Crippen molar-refractivity contribution in [2.75, 3.05) is 24.6 Å². The third-order valence-corrected chi connectivity index (χ3v) is 6.53. The molecule has 1 fully saturated rings. The Morgan fingerprint density at radius 2 is 2.07 bits per heavy atom. The zero-order valence-electron chi connectivity index (χ0n) is 17.2. The van der Waals surface area contributed by atoms with Gasteiger partial charge in [0.05, 0.1) is 24.8 Å². The summed E-state index contributed by atoms with van der Waals surface area (Å²) in [4.78, 5) is 2.52. The minimum atomic E-state index is 0.306. The molecule has 2 aliphatic rings. The van der Waals surface area contributed by atoms with Gasteiger partial charge in [-0.15, -0.1) is 0 Å². The molecule has 4 heteroatoms. The number of nitrogens with zero attached hydrogens (tertiary/aromatic N) is 2. The van der Waals surface area contributed by atoms with Crippen LogP contribution in [-0.4, -0.2) is 19.7 Å². The van der Waals surface area contributed by atoms with Crippen LogP contribution < -0.4 is 9.64 Å². The Hall–Kier alpha value is -2.18. The summed E-state index contributed by atoms with van der Waals surface area (Å²) in [7, 11) is 0. The van der Waals surface area contributed by atoms with E-state index in [1.165, 1.54) is 30.4 Å². The van der Waals surface area contributed by atoms with Gasteiger partial charge in [0.2, 0.25) is 0 Å². The number of rotatable bonds is 6. The molecule has 2 aromatic carbocycles. The monoisotopic (exact) mass is 408 g/mol. The first kappa shape index (κ1) is 20.1. The molecule has 0 amide bonds. The van der Waals surface area contributed by atoms with Crippen LogP contribution in [0.1, 0.15) is 55.2 Å². The van der Waals surface area contributed by atoms with E-state index in [1.54, 1.807) is 0 Å². The Bertz CT molecular complexity index is 900. The second-order valence-electron chi connectivity index (χ2n) is 8.44. The van der Waals surface area contributed by atoms with E-state index >= 15 is 0 Å². The van der Waals surface area contributed by atoms with Gasteiger partial charge in [0, 0.05) is 24.0 Å². The molecule has 0 unspecified atom stereocenters. The molecule has 152 valence electrons. The molecular weight excluding hydrogens is 380 g/mol. The molecule has 1 heterocycles. The second-order valence-corrected chi connectivity index (χ2v) is 8.88. The van der Waals surface area contributed by atoms with Crippen molar-refractivity contribution in [1.82, 2.24) is 0 Å². The number of aryl methyl sites for hydroxylation is 1. The lowest BCUT2D eigenvalue weighted by Gasteiger charge is -2.35. The molecule has 4 rings (SSSR count). The minimum Gasteiger partial charge on any atom is -0.491 e. The first-order valence-electron chi connectivity index (χ1n) is 10.8. The predicted molar refractivity (Wildman–Crippen MR) is 119 cm³/mol. The fourth-order valence-corrected chi connectivity index (χ4v) is 4.74. The van der Waals surface area contributed by atoms with Crippen LogP contribution in [0.4, 0.5) is 5.69 Å². The molecule has 29 heavy (non-hydrogen) atoms. The van der Waals surface area contributed by atoms with Gasteiger partial charge in [0.1, 0.15) is 5.75 Å². The number of nitriles is 1. The Morgan fingerprint density at radius 1 is 1.21 bits per heavy atom. The van der Waals surface area contributed by atoms with Gasteiger partial charge in [-0.3, -0.25) is 0 Å². The van der Waals surface area contributed by atoms with Crippen molar-refractivity contribution in [3.63, 3.8) is 0 Å². The van der Waals surface area contributed by atoms with Gasteiger partial charge in [0.15, 0.2) is 0 Å². The number of ether oxygens (including phenoxy) is 1. The average molecular weight is 409 g/mol. The summed E-state index contributed by atoms with van der Waals surface area (Å²) in [6.07, 6.45) is 6.55. The molecule has 1 aliphatic carbocycles. The van der Waals surface area contributed by atoms with E-state index in [0.29, 0.717) is 18.9 Å². The summed E-state index contributed by atoms with van der Waals surface area (Å²) in [5.41, 5.74) is 4.91. The zero-order chi connectivity index (χ0) is 20.2. The van der Waals surface area contributed by atoms with Crippen molar-refractivity contribution in [2.24, 2.45) is 5.92 Å². The van der Waals surface area contributed by atoms with E-state index in [9.17, 15) is 0 Å². The topological polar surface area (TPSA) is 36.3 Å². The molecule has 2 aromatic rings. The number of benzene rings is 2. The van der Waals surface area contributed by atoms with E-state index in [0.717, 1.165) is 53.9 Å². The summed E-state index contributed by atoms with van der Waals surface area (Å²) >= 11 is 6.30. The highest BCUT2D eigenvalue weighted by Crippen LogP contribution is 2.39. The maximum absolute atomic E-state index is 9.13. The molecule has 0 bridgehead atoms. The first-order chi connectivity index (χ1) is 14.2. The maximum Gasteiger partial charge on any atom is 0.142 e. The van der Waals surface area contributed by atoms with Crippen LogP contribution in [0.15, 0.2) is 36.4 Å². The van der Waals surface area contributed by atoms with Crippen LogP contribution in [0.2, 0.25) is 5.02 Å². The second kappa shape index (κ2) is 9.09. The molecule has 0 aromatic heterocycles. The summed E-state index contributed by atoms with van der Waals surface area (Å²) in [6.45, 7) is 4.89.